The third kappa shape index (κ3) is 5.10. The average molecular weight is 589 g/mol. The van der Waals surface area contributed by atoms with Crippen LogP contribution in [-0.2, 0) is 18.4 Å². The standard InChI is InChI=1S/C35H48O4Si2/c1-7-40(8-2,9-3)39-31-23-24-35(30-22-16-21-29(31)32(30)38-33(35)36)25-26-37-41(34(4,5)6,27-17-12-10-13-18-27)28-19-14-11-15-20-28/h10-15,17-20,22-23,29,32H,7-9,16,21,24-26H2,1-6H3/t29-,32+,35+/m0/s1. The molecule has 3 aliphatic rings. The maximum absolute atomic E-state index is 13.8. The van der Waals surface area contributed by atoms with E-state index in [0.29, 0.717) is 19.4 Å². The molecule has 0 aromatic heterocycles. The van der Waals surface area contributed by atoms with Crippen molar-refractivity contribution in [1.29, 1.82) is 0 Å². The number of carbonyl (C=O) groups is 1. The predicted molar refractivity (Wildman–Crippen MR) is 172 cm³/mol. The van der Waals surface area contributed by atoms with Crippen LogP contribution in [0.5, 0.6) is 0 Å². The highest BCUT2D eigenvalue weighted by Gasteiger charge is 2.59. The van der Waals surface area contributed by atoms with Crippen molar-refractivity contribution in [3.8, 4) is 0 Å². The Bertz CT molecular complexity index is 1230. The number of allylic oxidation sites excluding steroid dienone is 2. The van der Waals surface area contributed by atoms with Gasteiger partial charge >= 0.3 is 5.97 Å². The number of benzene rings is 2. The van der Waals surface area contributed by atoms with Crippen molar-refractivity contribution < 1.29 is 18.4 Å². The minimum atomic E-state index is -2.70. The summed E-state index contributed by atoms with van der Waals surface area (Å²) >= 11 is 0. The number of esters is 1. The van der Waals surface area contributed by atoms with E-state index in [-0.39, 0.29) is 23.0 Å². The molecule has 1 heterocycles. The Balaban J connectivity index is 1.49. The molecule has 0 unspecified atom stereocenters. The van der Waals surface area contributed by atoms with E-state index in [1.165, 1.54) is 15.9 Å². The van der Waals surface area contributed by atoms with E-state index < -0.39 is 22.0 Å². The highest BCUT2D eigenvalue weighted by Crippen LogP contribution is 2.55. The minimum Gasteiger partial charge on any atom is -0.546 e. The first kappa shape index (κ1) is 30.1. The monoisotopic (exact) mass is 588 g/mol. The topological polar surface area (TPSA) is 44.8 Å². The molecule has 1 aliphatic heterocycles. The van der Waals surface area contributed by atoms with Crippen LogP contribution in [0, 0.1) is 11.3 Å². The second kappa shape index (κ2) is 11.7. The zero-order chi connectivity index (χ0) is 29.3. The zero-order valence-corrected chi connectivity index (χ0v) is 27.9. The van der Waals surface area contributed by atoms with Crippen LogP contribution in [0.4, 0.5) is 0 Å². The molecule has 4 bridgehead atoms. The van der Waals surface area contributed by atoms with Gasteiger partial charge in [-0.3, -0.25) is 4.79 Å². The molecule has 0 amide bonds. The lowest BCUT2D eigenvalue weighted by Gasteiger charge is -2.43. The van der Waals surface area contributed by atoms with Gasteiger partial charge < -0.3 is 13.6 Å². The lowest BCUT2D eigenvalue weighted by molar-refractivity contribution is -0.151. The molecule has 0 spiro atoms. The van der Waals surface area contributed by atoms with Crippen molar-refractivity contribution in [3.05, 3.63) is 84.1 Å². The van der Waals surface area contributed by atoms with E-state index in [1.807, 2.05) is 0 Å². The molecule has 2 aliphatic carbocycles. The van der Waals surface area contributed by atoms with Gasteiger partial charge in [0.15, 0.2) is 0 Å². The molecule has 1 fully saturated rings. The lowest BCUT2D eigenvalue weighted by atomic mass is 9.72. The third-order valence-corrected chi connectivity index (χ3v) is 19.8. The summed E-state index contributed by atoms with van der Waals surface area (Å²) in [7, 11) is -4.54. The maximum Gasteiger partial charge on any atom is 0.317 e. The van der Waals surface area contributed by atoms with Gasteiger partial charge in [0.25, 0.3) is 8.32 Å². The molecule has 6 heteroatoms. The number of hydrogen-bond donors (Lipinski definition) is 0. The first-order valence-electron chi connectivity index (χ1n) is 15.7. The minimum absolute atomic E-state index is 0.0769. The Morgan fingerprint density at radius 2 is 1.49 bits per heavy atom. The Kier molecular flexibility index (Phi) is 8.57. The lowest BCUT2D eigenvalue weighted by Crippen LogP contribution is -2.66. The molecule has 41 heavy (non-hydrogen) atoms. The highest BCUT2D eigenvalue weighted by molar-refractivity contribution is 6.99. The summed E-state index contributed by atoms with van der Waals surface area (Å²) in [5.74, 6) is 1.16. The van der Waals surface area contributed by atoms with E-state index in [1.54, 1.807) is 0 Å². The van der Waals surface area contributed by atoms with Gasteiger partial charge in [0.1, 0.15) is 6.10 Å². The number of rotatable bonds is 11. The third-order valence-electron chi connectivity index (χ3n) is 10.2. The van der Waals surface area contributed by atoms with Crippen molar-refractivity contribution in [1.82, 2.24) is 0 Å². The molecular weight excluding hydrogens is 541 g/mol. The van der Waals surface area contributed by atoms with Crippen molar-refractivity contribution in [2.24, 2.45) is 11.3 Å². The summed E-state index contributed by atoms with van der Waals surface area (Å²) < 4.78 is 20.5. The molecule has 0 radical (unpaired) electrons. The molecule has 5 rings (SSSR count). The van der Waals surface area contributed by atoms with Crippen molar-refractivity contribution in [3.63, 3.8) is 0 Å². The van der Waals surface area contributed by atoms with Gasteiger partial charge in [0.2, 0.25) is 8.32 Å². The Labute approximate surface area is 249 Å². The summed E-state index contributed by atoms with van der Waals surface area (Å²) in [6.45, 7) is 14.2. The largest absolute Gasteiger partial charge is 0.546 e. The molecule has 220 valence electrons. The van der Waals surface area contributed by atoms with Crippen LogP contribution in [0.15, 0.2) is 84.1 Å². The zero-order valence-electron chi connectivity index (χ0n) is 25.9. The molecular formula is C35H48O4Si2. The number of hydrogen-bond acceptors (Lipinski definition) is 4. The first-order valence-corrected chi connectivity index (χ1v) is 20.2. The predicted octanol–water partition coefficient (Wildman–Crippen LogP) is 7.51. The SMILES string of the molecule is CC[Si](CC)(CC)OC1=CC[C@]2(CCO[Si](c3ccccc3)(c3ccccc3)C(C)(C)C)C(=O)O[C@H]3C2=CCC[C@@H]13. The molecule has 4 nitrogen and oxygen atoms in total. The van der Waals surface area contributed by atoms with Gasteiger partial charge in [-0.2, -0.15) is 0 Å². The van der Waals surface area contributed by atoms with Gasteiger partial charge in [0, 0.05) is 6.61 Å². The van der Waals surface area contributed by atoms with Crippen LogP contribution in [0.25, 0.3) is 0 Å². The van der Waals surface area contributed by atoms with E-state index in [0.717, 1.165) is 36.7 Å². The van der Waals surface area contributed by atoms with E-state index in [2.05, 4.69) is 114 Å². The first-order chi connectivity index (χ1) is 19.7. The van der Waals surface area contributed by atoms with Crippen LogP contribution >= 0.6 is 0 Å². The summed E-state index contributed by atoms with van der Waals surface area (Å²) in [4.78, 5) is 13.8. The van der Waals surface area contributed by atoms with Gasteiger partial charge in [-0.05, 0) is 70.9 Å². The van der Waals surface area contributed by atoms with Gasteiger partial charge in [0.05, 0.1) is 17.1 Å². The summed E-state index contributed by atoms with van der Waals surface area (Å²) in [6.07, 6.45) is 7.56. The smallest absolute Gasteiger partial charge is 0.317 e. The second-order valence-corrected chi connectivity index (χ2v) is 22.2. The second-order valence-electron chi connectivity index (χ2n) is 13.2. The van der Waals surface area contributed by atoms with Gasteiger partial charge in [-0.15, -0.1) is 0 Å². The highest BCUT2D eigenvalue weighted by atomic mass is 28.4. The van der Waals surface area contributed by atoms with Crippen LogP contribution in [0.2, 0.25) is 23.2 Å². The van der Waals surface area contributed by atoms with E-state index >= 15 is 0 Å². The maximum atomic E-state index is 13.8. The molecule has 2 aromatic rings. The van der Waals surface area contributed by atoms with E-state index in [9.17, 15) is 4.79 Å². The van der Waals surface area contributed by atoms with Crippen molar-refractivity contribution >= 4 is 33.0 Å². The average Bonchev–Trinajstić information content (AvgIpc) is 3.24. The number of ether oxygens (including phenoxy) is 1. The summed E-state index contributed by atoms with van der Waals surface area (Å²) in [5.41, 5.74) is 0.505. The Hall–Kier alpha value is -2.42. The Morgan fingerprint density at radius 3 is 2.02 bits per heavy atom. The van der Waals surface area contributed by atoms with Crippen molar-refractivity contribution in [2.45, 2.75) is 96.5 Å². The number of carbonyl (C=O) groups excluding carboxylic acids is 1. The molecule has 2 aromatic carbocycles. The summed E-state index contributed by atoms with van der Waals surface area (Å²) in [6, 6.07) is 24.8. The normalized spacial score (nSPS) is 24.3. The molecule has 0 N–H and O–H groups in total. The van der Waals surface area contributed by atoms with Gasteiger partial charge in [-0.25, -0.2) is 0 Å². The molecule has 1 saturated heterocycles. The van der Waals surface area contributed by atoms with Crippen LogP contribution in [0.1, 0.15) is 67.2 Å². The fraction of sp³-hybridized carbons (Fsp3) is 0.514. The summed E-state index contributed by atoms with van der Waals surface area (Å²) in [5, 5.41) is 2.41. The fourth-order valence-corrected chi connectivity index (χ4v) is 14.8. The quantitative estimate of drug-likeness (QED) is 0.155. The van der Waals surface area contributed by atoms with Crippen LogP contribution in [-0.4, -0.2) is 35.3 Å². The van der Waals surface area contributed by atoms with Crippen LogP contribution < -0.4 is 10.4 Å². The molecule has 3 atom stereocenters. The van der Waals surface area contributed by atoms with E-state index in [4.69, 9.17) is 13.6 Å². The van der Waals surface area contributed by atoms with Crippen LogP contribution in [0.3, 0.4) is 0 Å². The Morgan fingerprint density at radius 1 is 0.902 bits per heavy atom. The van der Waals surface area contributed by atoms with Crippen molar-refractivity contribution in [2.75, 3.05) is 6.61 Å². The molecule has 0 saturated carbocycles. The van der Waals surface area contributed by atoms with Gasteiger partial charge in [-0.1, -0.05) is 108 Å². The fourth-order valence-electron chi connectivity index (χ4n) is 7.60.